The van der Waals surface area contributed by atoms with Crippen LogP contribution >= 0.6 is 0 Å². The summed E-state index contributed by atoms with van der Waals surface area (Å²) in [6.07, 6.45) is -0.588. The van der Waals surface area contributed by atoms with Gasteiger partial charge in [0.2, 0.25) is 0 Å². The fourth-order valence-corrected chi connectivity index (χ4v) is 0.572. The van der Waals surface area contributed by atoms with Crippen molar-refractivity contribution in [2.75, 3.05) is 33.2 Å². The Bertz CT molecular complexity index is 106. The highest BCUT2D eigenvalue weighted by atomic mass is 16.7. The number of hydrogen-bond acceptors (Lipinski definition) is 5. The smallest absolute Gasteiger partial charge is 0.435 e. The molecule has 1 rings (SSSR count). The summed E-state index contributed by atoms with van der Waals surface area (Å²) in [5.74, 6) is 0. The van der Waals surface area contributed by atoms with E-state index in [2.05, 4.69) is 9.47 Å². The molecule has 78 valence electrons. The lowest BCUT2D eigenvalue weighted by Gasteiger charge is -1.98. The minimum absolute atomic E-state index is 0.374. The van der Waals surface area contributed by atoms with Gasteiger partial charge < -0.3 is 18.9 Å². The minimum Gasteiger partial charge on any atom is -0.435 e. The van der Waals surface area contributed by atoms with Crippen molar-refractivity contribution in [2.24, 2.45) is 0 Å². The Morgan fingerprint density at radius 1 is 1.15 bits per heavy atom. The van der Waals surface area contributed by atoms with Gasteiger partial charge >= 0.3 is 6.16 Å². The molecule has 1 fully saturated rings. The average Bonchev–Trinajstić information content (AvgIpc) is 2.61. The molecular formula is C8H16O5. The van der Waals surface area contributed by atoms with Crippen LogP contribution in [0.4, 0.5) is 4.79 Å². The van der Waals surface area contributed by atoms with Gasteiger partial charge in [-0.2, -0.15) is 0 Å². The molecule has 0 saturated carbocycles. The standard InChI is InChI=1S/C5H10O3.C3H6O2/c1-3-7-5(6)8-4-2;1-2-5-3-4-1/h3-4H2,1-2H3;1-3H2. The summed E-state index contributed by atoms with van der Waals surface area (Å²) >= 11 is 0. The maximum absolute atomic E-state index is 10.2. The van der Waals surface area contributed by atoms with E-state index in [-0.39, 0.29) is 0 Å². The maximum Gasteiger partial charge on any atom is 0.508 e. The van der Waals surface area contributed by atoms with Crippen molar-refractivity contribution in [2.45, 2.75) is 13.8 Å². The molecule has 0 aromatic heterocycles. The predicted octanol–water partition coefficient (Wildman–Crippen LogP) is 1.17. The summed E-state index contributed by atoms with van der Waals surface area (Å²) in [7, 11) is 0. The topological polar surface area (TPSA) is 54.0 Å². The zero-order valence-corrected chi connectivity index (χ0v) is 8.08. The summed E-state index contributed by atoms with van der Waals surface area (Å²) in [6, 6.07) is 0. The molecule has 5 nitrogen and oxygen atoms in total. The second-order valence-electron chi connectivity index (χ2n) is 2.05. The molecule has 5 heteroatoms. The Kier molecular flexibility index (Phi) is 8.70. The Morgan fingerprint density at radius 2 is 1.62 bits per heavy atom. The molecule has 0 bridgehead atoms. The van der Waals surface area contributed by atoms with Crippen molar-refractivity contribution in [3.05, 3.63) is 0 Å². The van der Waals surface area contributed by atoms with E-state index in [1.165, 1.54) is 0 Å². The fraction of sp³-hybridized carbons (Fsp3) is 0.875. The molecule has 13 heavy (non-hydrogen) atoms. The lowest BCUT2D eigenvalue weighted by Crippen LogP contribution is -2.05. The van der Waals surface area contributed by atoms with Crippen LogP contribution in [0, 0.1) is 0 Å². The van der Waals surface area contributed by atoms with E-state index >= 15 is 0 Å². The SMILES string of the molecule is C1COCO1.CCOC(=O)OCC. The van der Waals surface area contributed by atoms with Gasteiger partial charge in [-0.05, 0) is 13.8 Å². The van der Waals surface area contributed by atoms with E-state index in [9.17, 15) is 4.79 Å². The van der Waals surface area contributed by atoms with Crippen molar-refractivity contribution >= 4 is 6.16 Å². The quantitative estimate of drug-likeness (QED) is 0.615. The predicted molar refractivity (Wildman–Crippen MR) is 45.4 cm³/mol. The normalized spacial score (nSPS) is 14.3. The van der Waals surface area contributed by atoms with Gasteiger partial charge in [0.05, 0.1) is 26.4 Å². The van der Waals surface area contributed by atoms with Crippen LogP contribution in [0.1, 0.15) is 13.8 Å². The van der Waals surface area contributed by atoms with E-state index in [0.29, 0.717) is 20.0 Å². The third kappa shape index (κ3) is 9.10. The lowest BCUT2D eigenvalue weighted by molar-refractivity contribution is 0.0630. The molecule has 0 amide bonds. The molecule has 0 radical (unpaired) electrons. The van der Waals surface area contributed by atoms with Crippen molar-refractivity contribution in [1.82, 2.24) is 0 Å². The third-order valence-electron chi connectivity index (χ3n) is 1.06. The summed E-state index contributed by atoms with van der Waals surface area (Å²) in [6.45, 7) is 6.27. The first-order chi connectivity index (χ1) is 6.31. The lowest BCUT2D eigenvalue weighted by atomic mass is 10.8. The molecule has 0 aromatic carbocycles. The Labute approximate surface area is 77.9 Å². The van der Waals surface area contributed by atoms with Crippen molar-refractivity contribution in [1.29, 1.82) is 0 Å². The largest absolute Gasteiger partial charge is 0.508 e. The second-order valence-corrected chi connectivity index (χ2v) is 2.05. The van der Waals surface area contributed by atoms with Gasteiger partial charge in [0.1, 0.15) is 6.79 Å². The van der Waals surface area contributed by atoms with E-state index in [0.717, 1.165) is 13.2 Å². The van der Waals surface area contributed by atoms with Gasteiger partial charge in [0.15, 0.2) is 0 Å². The van der Waals surface area contributed by atoms with Crippen molar-refractivity contribution in [3.8, 4) is 0 Å². The van der Waals surface area contributed by atoms with Gasteiger partial charge in [-0.25, -0.2) is 4.79 Å². The number of carbonyl (C=O) groups is 1. The van der Waals surface area contributed by atoms with Gasteiger partial charge in [0, 0.05) is 0 Å². The summed E-state index contributed by atoms with van der Waals surface area (Å²) < 4.78 is 18.3. The first-order valence-corrected chi connectivity index (χ1v) is 4.26. The Balaban J connectivity index is 0.000000243. The number of carbonyl (C=O) groups excluding carboxylic acids is 1. The van der Waals surface area contributed by atoms with Gasteiger partial charge in [-0.1, -0.05) is 0 Å². The average molecular weight is 192 g/mol. The molecule has 1 aliphatic rings. The number of hydrogen-bond donors (Lipinski definition) is 0. The second kappa shape index (κ2) is 9.28. The maximum atomic E-state index is 10.2. The molecule has 0 aromatic rings. The molecule has 1 heterocycles. The monoisotopic (exact) mass is 192 g/mol. The molecule has 1 aliphatic heterocycles. The summed E-state index contributed by atoms with van der Waals surface area (Å²) in [5.41, 5.74) is 0. The third-order valence-corrected chi connectivity index (χ3v) is 1.06. The Hall–Kier alpha value is -0.810. The molecule has 0 atom stereocenters. The van der Waals surface area contributed by atoms with Crippen LogP contribution in [-0.4, -0.2) is 39.4 Å². The van der Waals surface area contributed by atoms with E-state index in [1.807, 2.05) is 0 Å². The highest BCUT2D eigenvalue weighted by molar-refractivity contribution is 5.59. The first-order valence-electron chi connectivity index (χ1n) is 4.26. The van der Waals surface area contributed by atoms with E-state index in [1.54, 1.807) is 13.8 Å². The molecular weight excluding hydrogens is 176 g/mol. The van der Waals surface area contributed by atoms with Crippen LogP contribution in [0.25, 0.3) is 0 Å². The minimum atomic E-state index is -0.588. The molecule has 1 saturated heterocycles. The van der Waals surface area contributed by atoms with Crippen LogP contribution in [0.2, 0.25) is 0 Å². The summed E-state index contributed by atoms with van der Waals surface area (Å²) in [4.78, 5) is 10.2. The molecule has 0 spiro atoms. The van der Waals surface area contributed by atoms with Crippen molar-refractivity contribution < 1.29 is 23.7 Å². The van der Waals surface area contributed by atoms with E-state index < -0.39 is 6.16 Å². The van der Waals surface area contributed by atoms with E-state index in [4.69, 9.17) is 9.47 Å². The van der Waals surface area contributed by atoms with Crippen molar-refractivity contribution in [3.63, 3.8) is 0 Å². The first kappa shape index (κ1) is 12.2. The molecule has 0 N–H and O–H groups in total. The van der Waals surface area contributed by atoms with Crippen LogP contribution in [0.15, 0.2) is 0 Å². The fourth-order valence-electron chi connectivity index (χ4n) is 0.572. The highest BCUT2D eigenvalue weighted by Gasteiger charge is 1.96. The zero-order valence-electron chi connectivity index (χ0n) is 8.08. The highest BCUT2D eigenvalue weighted by Crippen LogP contribution is 1.85. The number of ether oxygens (including phenoxy) is 4. The number of rotatable bonds is 2. The van der Waals surface area contributed by atoms with Crippen LogP contribution in [0.5, 0.6) is 0 Å². The van der Waals surface area contributed by atoms with Gasteiger partial charge in [-0.15, -0.1) is 0 Å². The van der Waals surface area contributed by atoms with Crippen LogP contribution in [0.3, 0.4) is 0 Å². The summed E-state index contributed by atoms with van der Waals surface area (Å²) in [5, 5.41) is 0. The zero-order chi connectivity index (χ0) is 9.94. The van der Waals surface area contributed by atoms with Crippen LogP contribution < -0.4 is 0 Å². The Morgan fingerprint density at radius 3 is 1.85 bits per heavy atom. The van der Waals surface area contributed by atoms with Crippen LogP contribution in [-0.2, 0) is 18.9 Å². The van der Waals surface area contributed by atoms with Gasteiger partial charge in [-0.3, -0.25) is 0 Å². The van der Waals surface area contributed by atoms with Gasteiger partial charge in [0.25, 0.3) is 0 Å². The molecule has 0 unspecified atom stereocenters. The molecule has 0 aliphatic carbocycles.